The van der Waals surface area contributed by atoms with Crippen LogP contribution in [0.2, 0.25) is 0 Å². The number of pyridine rings is 1. The fourth-order valence-corrected chi connectivity index (χ4v) is 2.14. The number of hydrogen-bond donors (Lipinski definition) is 4. The molecule has 132 valence electrons. The smallest absolute Gasteiger partial charge is 0.410 e. The zero-order valence-corrected chi connectivity index (χ0v) is 13.7. The molecule has 2 rings (SSSR count). The molecule has 0 bridgehead atoms. The molecular formula is C15H18N6O4. The third kappa shape index (κ3) is 4.53. The van der Waals surface area contributed by atoms with Crippen LogP contribution in [0.3, 0.4) is 0 Å². The standard InChI is InChI=1S/C15H18N6O4/c1-8-5-18-13(20-15(24)25)14(23)21(8)7-12(22)17-6-10-3-4-11(16)19-9(10)2/h3-5H,6-7H2,1-2H3,(H2,16,19)(H,17,22)(H,18,20)(H,24,25). The first-order valence-corrected chi connectivity index (χ1v) is 7.33. The van der Waals surface area contributed by atoms with Gasteiger partial charge < -0.3 is 16.2 Å². The van der Waals surface area contributed by atoms with E-state index in [1.807, 2.05) is 5.32 Å². The van der Waals surface area contributed by atoms with Crippen molar-refractivity contribution in [2.24, 2.45) is 0 Å². The third-order valence-electron chi connectivity index (χ3n) is 3.47. The van der Waals surface area contributed by atoms with Crippen LogP contribution in [0.5, 0.6) is 0 Å². The second kappa shape index (κ2) is 7.43. The molecular weight excluding hydrogens is 328 g/mol. The zero-order chi connectivity index (χ0) is 18.6. The van der Waals surface area contributed by atoms with Crippen molar-refractivity contribution < 1.29 is 14.7 Å². The zero-order valence-electron chi connectivity index (χ0n) is 13.7. The summed E-state index contributed by atoms with van der Waals surface area (Å²) in [5, 5.41) is 13.3. The summed E-state index contributed by atoms with van der Waals surface area (Å²) in [5.41, 5.74) is 6.82. The minimum atomic E-state index is -1.41. The fraction of sp³-hybridized carbons (Fsp3) is 0.267. The second-order valence-corrected chi connectivity index (χ2v) is 5.33. The summed E-state index contributed by atoms with van der Waals surface area (Å²) < 4.78 is 1.14. The molecule has 25 heavy (non-hydrogen) atoms. The Labute approximate surface area is 142 Å². The summed E-state index contributed by atoms with van der Waals surface area (Å²) in [6.07, 6.45) is -0.0932. The Balaban J connectivity index is 2.10. The summed E-state index contributed by atoms with van der Waals surface area (Å²) >= 11 is 0. The van der Waals surface area contributed by atoms with Crippen molar-refractivity contribution in [2.75, 3.05) is 11.1 Å². The van der Waals surface area contributed by atoms with Gasteiger partial charge in [0, 0.05) is 24.1 Å². The summed E-state index contributed by atoms with van der Waals surface area (Å²) in [5.74, 6) is -0.372. The number of rotatable bonds is 5. The topological polar surface area (TPSA) is 152 Å². The Morgan fingerprint density at radius 1 is 1.32 bits per heavy atom. The third-order valence-corrected chi connectivity index (χ3v) is 3.47. The molecule has 0 atom stereocenters. The quantitative estimate of drug-likeness (QED) is 0.605. The minimum Gasteiger partial charge on any atom is -0.465 e. The lowest BCUT2D eigenvalue weighted by Gasteiger charge is -2.12. The molecule has 10 nitrogen and oxygen atoms in total. The maximum atomic E-state index is 12.2. The van der Waals surface area contributed by atoms with Crippen LogP contribution in [0.25, 0.3) is 0 Å². The average molecular weight is 346 g/mol. The van der Waals surface area contributed by atoms with Gasteiger partial charge in [-0.25, -0.2) is 14.8 Å². The van der Waals surface area contributed by atoms with Gasteiger partial charge in [-0.2, -0.15) is 0 Å². The van der Waals surface area contributed by atoms with Crippen LogP contribution in [-0.4, -0.2) is 31.6 Å². The van der Waals surface area contributed by atoms with Crippen molar-refractivity contribution in [3.8, 4) is 0 Å². The molecule has 2 aromatic heterocycles. The van der Waals surface area contributed by atoms with Crippen molar-refractivity contribution in [1.29, 1.82) is 0 Å². The van der Waals surface area contributed by atoms with Gasteiger partial charge in [0.25, 0.3) is 5.56 Å². The molecule has 5 N–H and O–H groups in total. The number of nitrogen functional groups attached to an aromatic ring is 1. The van der Waals surface area contributed by atoms with E-state index in [0.717, 1.165) is 10.1 Å². The molecule has 2 aromatic rings. The number of amides is 2. The van der Waals surface area contributed by atoms with Crippen molar-refractivity contribution in [2.45, 2.75) is 26.9 Å². The van der Waals surface area contributed by atoms with E-state index < -0.39 is 17.6 Å². The Kier molecular flexibility index (Phi) is 5.32. The van der Waals surface area contributed by atoms with E-state index >= 15 is 0 Å². The molecule has 2 amide bonds. The molecule has 10 heteroatoms. The van der Waals surface area contributed by atoms with E-state index in [2.05, 4.69) is 15.3 Å². The van der Waals surface area contributed by atoms with E-state index in [1.54, 1.807) is 26.0 Å². The van der Waals surface area contributed by atoms with Crippen LogP contribution in [-0.2, 0) is 17.9 Å². The van der Waals surface area contributed by atoms with E-state index in [9.17, 15) is 14.4 Å². The second-order valence-electron chi connectivity index (χ2n) is 5.33. The number of anilines is 2. The number of nitrogens with zero attached hydrogens (tertiary/aromatic N) is 3. The largest absolute Gasteiger partial charge is 0.465 e. The Bertz CT molecular complexity index is 877. The van der Waals surface area contributed by atoms with Crippen LogP contribution in [0.1, 0.15) is 17.0 Å². The van der Waals surface area contributed by atoms with Gasteiger partial charge >= 0.3 is 6.09 Å². The molecule has 0 fully saturated rings. The van der Waals surface area contributed by atoms with Crippen molar-refractivity contribution in [3.63, 3.8) is 0 Å². The summed E-state index contributed by atoms with van der Waals surface area (Å²) in [6.45, 7) is 3.35. The first kappa shape index (κ1) is 17.9. The fourth-order valence-electron chi connectivity index (χ4n) is 2.14. The highest BCUT2D eigenvalue weighted by molar-refractivity contribution is 5.81. The highest BCUT2D eigenvalue weighted by Crippen LogP contribution is 2.07. The summed E-state index contributed by atoms with van der Waals surface area (Å²) in [6, 6.07) is 3.40. The number of carboxylic acid groups (broad SMARTS) is 1. The van der Waals surface area contributed by atoms with E-state index in [1.165, 1.54) is 6.20 Å². The number of aryl methyl sites for hydroxylation is 2. The predicted molar refractivity (Wildman–Crippen MR) is 90.1 cm³/mol. The molecule has 0 aliphatic carbocycles. The van der Waals surface area contributed by atoms with E-state index in [-0.39, 0.29) is 18.9 Å². The van der Waals surface area contributed by atoms with Crippen molar-refractivity contribution >= 4 is 23.6 Å². The van der Waals surface area contributed by atoms with Gasteiger partial charge in [0.2, 0.25) is 11.7 Å². The molecule has 0 radical (unpaired) electrons. The number of carbonyl (C=O) groups excluding carboxylic acids is 1. The lowest BCUT2D eigenvalue weighted by molar-refractivity contribution is -0.121. The SMILES string of the molecule is Cc1nc(N)ccc1CNC(=O)Cn1c(C)cnc(NC(=O)O)c1=O. The van der Waals surface area contributed by atoms with Gasteiger partial charge in [0.05, 0.1) is 0 Å². The molecule has 0 unspecified atom stereocenters. The normalized spacial score (nSPS) is 10.3. The minimum absolute atomic E-state index is 0.233. The molecule has 2 heterocycles. The maximum Gasteiger partial charge on any atom is 0.410 e. The summed E-state index contributed by atoms with van der Waals surface area (Å²) in [7, 11) is 0. The van der Waals surface area contributed by atoms with E-state index in [0.29, 0.717) is 17.2 Å². The molecule has 0 saturated carbocycles. The lowest BCUT2D eigenvalue weighted by atomic mass is 10.2. The highest BCUT2D eigenvalue weighted by atomic mass is 16.4. The maximum absolute atomic E-state index is 12.2. The molecule has 0 aromatic carbocycles. The van der Waals surface area contributed by atoms with Crippen LogP contribution >= 0.6 is 0 Å². The molecule has 0 spiro atoms. The number of nitrogens with two attached hydrogens (primary N) is 1. The Hall–Kier alpha value is -3.43. The van der Waals surface area contributed by atoms with Gasteiger partial charge in [-0.3, -0.25) is 19.5 Å². The van der Waals surface area contributed by atoms with Gasteiger partial charge in [0.15, 0.2) is 0 Å². The monoisotopic (exact) mass is 346 g/mol. The van der Waals surface area contributed by atoms with Crippen LogP contribution in [0.4, 0.5) is 16.4 Å². The Morgan fingerprint density at radius 3 is 2.68 bits per heavy atom. The lowest BCUT2D eigenvalue weighted by Crippen LogP contribution is -2.35. The van der Waals surface area contributed by atoms with Crippen LogP contribution in [0.15, 0.2) is 23.1 Å². The van der Waals surface area contributed by atoms with Gasteiger partial charge in [-0.05, 0) is 25.5 Å². The van der Waals surface area contributed by atoms with Crippen molar-refractivity contribution in [3.05, 3.63) is 45.6 Å². The van der Waals surface area contributed by atoms with Crippen molar-refractivity contribution in [1.82, 2.24) is 19.9 Å². The van der Waals surface area contributed by atoms with Crippen LogP contribution in [0, 0.1) is 13.8 Å². The van der Waals surface area contributed by atoms with E-state index in [4.69, 9.17) is 10.8 Å². The Morgan fingerprint density at radius 2 is 2.04 bits per heavy atom. The van der Waals surface area contributed by atoms with Gasteiger partial charge in [0.1, 0.15) is 12.4 Å². The summed E-state index contributed by atoms with van der Waals surface area (Å²) in [4.78, 5) is 42.8. The first-order chi connectivity index (χ1) is 11.8. The highest BCUT2D eigenvalue weighted by Gasteiger charge is 2.13. The average Bonchev–Trinajstić information content (AvgIpc) is 2.53. The number of aromatic nitrogens is 3. The van der Waals surface area contributed by atoms with Gasteiger partial charge in [-0.15, -0.1) is 0 Å². The van der Waals surface area contributed by atoms with Crippen LogP contribution < -0.4 is 21.9 Å². The molecule has 0 aliphatic heterocycles. The van der Waals surface area contributed by atoms with Gasteiger partial charge in [-0.1, -0.05) is 6.07 Å². The molecule has 0 saturated heterocycles. The first-order valence-electron chi connectivity index (χ1n) is 7.33. The predicted octanol–water partition coefficient (Wildman–Crippen LogP) is 0.244. The number of hydrogen-bond acceptors (Lipinski definition) is 6. The number of carbonyl (C=O) groups is 2. The molecule has 0 aliphatic rings. The number of nitrogens with one attached hydrogen (secondary N) is 2.